The van der Waals surface area contributed by atoms with Crippen molar-refractivity contribution < 1.29 is 17.9 Å². The molecule has 2 fully saturated rings. The first-order valence-electron chi connectivity index (χ1n) is 7.55. The van der Waals surface area contributed by atoms with E-state index in [4.69, 9.17) is 4.74 Å². The third kappa shape index (κ3) is 3.85. The first-order chi connectivity index (χ1) is 10.5. The second-order valence-electron chi connectivity index (χ2n) is 5.78. The molecule has 1 aliphatic carbocycles. The summed E-state index contributed by atoms with van der Waals surface area (Å²) in [5.74, 6) is -0.240. The van der Waals surface area contributed by atoms with E-state index in [1.165, 1.54) is 12.1 Å². The monoisotopic (exact) mass is 324 g/mol. The van der Waals surface area contributed by atoms with Crippen LogP contribution in [0.4, 0.5) is 0 Å². The van der Waals surface area contributed by atoms with Crippen LogP contribution in [0.5, 0.6) is 0 Å². The summed E-state index contributed by atoms with van der Waals surface area (Å²) in [5, 5.41) is 2.93. The molecule has 0 atom stereocenters. The normalized spacial score (nSPS) is 19.8. The lowest BCUT2D eigenvalue weighted by molar-refractivity contribution is 0.0696. The third-order valence-corrected chi connectivity index (χ3v) is 5.38. The van der Waals surface area contributed by atoms with Crippen molar-refractivity contribution in [1.82, 2.24) is 10.0 Å². The summed E-state index contributed by atoms with van der Waals surface area (Å²) >= 11 is 0. The zero-order valence-corrected chi connectivity index (χ0v) is 13.1. The fourth-order valence-corrected chi connectivity index (χ4v) is 3.75. The molecule has 0 bridgehead atoms. The van der Waals surface area contributed by atoms with Crippen LogP contribution in [0.1, 0.15) is 36.0 Å². The molecule has 1 heterocycles. The number of carbonyl (C=O) groups is 1. The molecule has 0 radical (unpaired) electrons. The average Bonchev–Trinajstić information content (AvgIpc) is 3.32. The zero-order chi connectivity index (χ0) is 15.6. The van der Waals surface area contributed by atoms with E-state index >= 15 is 0 Å². The Morgan fingerprint density at radius 1 is 1.09 bits per heavy atom. The molecular weight excluding hydrogens is 304 g/mol. The maximum Gasteiger partial charge on any atom is 0.251 e. The highest BCUT2D eigenvalue weighted by Crippen LogP contribution is 2.22. The highest BCUT2D eigenvalue weighted by Gasteiger charge is 2.28. The van der Waals surface area contributed by atoms with Crippen molar-refractivity contribution in [3.63, 3.8) is 0 Å². The molecular formula is C15H20N2O4S. The summed E-state index contributed by atoms with van der Waals surface area (Å²) < 4.78 is 32.2. The van der Waals surface area contributed by atoms with Gasteiger partial charge in [0.1, 0.15) is 0 Å². The van der Waals surface area contributed by atoms with Gasteiger partial charge in [-0.15, -0.1) is 0 Å². The van der Waals surface area contributed by atoms with Gasteiger partial charge in [-0.25, -0.2) is 13.1 Å². The van der Waals surface area contributed by atoms with Crippen molar-refractivity contribution >= 4 is 15.9 Å². The SMILES string of the molecule is O=C(NC1CCOCC1)c1cccc(S(=O)(=O)NC2CC2)c1. The number of hydrogen-bond donors (Lipinski definition) is 2. The molecule has 6 nitrogen and oxygen atoms in total. The fraction of sp³-hybridized carbons (Fsp3) is 0.533. The van der Waals surface area contributed by atoms with Crippen LogP contribution >= 0.6 is 0 Å². The van der Waals surface area contributed by atoms with Gasteiger partial charge in [-0.1, -0.05) is 6.07 Å². The second-order valence-corrected chi connectivity index (χ2v) is 7.50. The topological polar surface area (TPSA) is 84.5 Å². The molecule has 7 heteroatoms. The molecule has 1 aromatic rings. The number of benzene rings is 1. The van der Waals surface area contributed by atoms with Crippen LogP contribution in [0.3, 0.4) is 0 Å². The standard InChI is InChI=1S/C15H20N2O4S/c18-15(16-12-6-8-21-9-7-12)11-2-1-3-14(10-11)22(19,20)17-13-4-5-13/h1-3,10,12-13,17H,4-9H2,(H,16,18). The highest BCUT2D eigenvalue weighted by molar-refractivity contribution is 7.89. The number of hydrogen-bond acceptors (Lipinski definition) is 4. The Bertz CT molecular complexity index is 649. The van der Waals surface area contributed by atoms with Gasteiger partial charge < -0.3 is 10.1 Å². The van der Waals surface area contributed by atoms with Gasteiger partial charge in [-0.3, -0.25) is 4.79 Å². The van der Waals surface area contributed by atoms with Gasteiger partial charge in [0.15, 0.2) is 0 Å². The minimum Gasteiger partial charge on any atom is -0.381 e. The highest BCUT2D eigenvalue weighted by atomic mass is 32.2. The van der Waals surface area contributed by atoms with Gasteiger partial charge in [0.2, 0.25) is 10.0 Å². The number of sulfonamides is 1. The van der Waals surface area contributed by atoms with Gasteiger partial charge in [-0.2, -0.15) is 0 Å². The van der Waals surface area contributed by atoms with Crippen molar-refractivity contribution in [2.45, 2.75) is 42.7 Å². The minimum absolute atomic E-state index is 0.0460. The molecule has 22 heavy (non-hydrogen) atoms. The van der Waals surface area contributed by atoms with Crippen LogP contribution in [0.15, 0.2) is 29.2 Å². The van der Waals surface area contributed by atoms with E-state index in [9.17, 15) is 13.2 Å². The average molecular weight is 324 g/mol. The first-order valence-corrected chi connectivity index (χ1v) is 9.04. The van der Waals surface area contributed by atoms with Gasteiger partial charge in [0, 0.05) is 30.9 Å². The molecule has 0 aromatic heterocycles. The Labute approximate surface area is 130 Å². The molecule has 1 aliphatic heterocycles. The molecule has 1 saturated carbocycles. The van der Waals surface area contributed by atoms with Crippen LogP contribution < -0.4 is 10.0 Å². The van der Waals surface area contributed by atoms with Crippen molar-refractivity contribution in [2.24, 2.45) is 0 Å². The maximum atomic E-state index is 12.3. The van der Waals surface area contributed by atoms with Gasteiger partial charge in [0.25, 0.3) is 5.91 Å². The molecule has 0 unspecified atom stereocenters. The lowest BCUT2D eigenvalue weighted by atomic mass is 10.1. The Morgan fingerprint density at radius 3 is 2.50 bits per heavy atom. The molecule has 120 valence electrons. The van der Waals surface area contributed by atoms with Crippen molar-refractivity contribution in [2.75, 3.05) is 13.2 Å². The van der Waals surface area contributed by atoms with Crippen LogP contribution in [0.2, 0.25) is 0 Å². The summed E-state index contributed by atoms with van der Waals surface area (Å²) in [6, 6.07) is 6.30. The zero-order valence-electron chi connectivity index (χ0n) is 12.2. The van der Waals surface area contributed by atoms with Crippen LogP contribution in [-0.2, 0) is 14.8 Å². The maximum absolute atomic E-state index is 12.3. The summed E-state index contributed by atoms with van der Waals surface area (Å²) in [7, 11) is -3.54. The molecule has 1 aromatic carbocycles. The van der Waals surface area contributed by atoms with Crippen molar-refractivity contribution in [3.8, 4) is 0 Å². The molecule has 3 rings (SSSR count). The van der Waals surface area contributed by atoms with E-state index < -0.39 is 10.0 Å². The second kappa shape index (κ2) is 6.36. The van der Waals surface area contributed by atoms with Crippen LogP contribution in [-0.4, -0.2) is 39.6 Å². The predicted octanol–water partition coefficient (Wildman–Crippen LogP) is 1.04. The number of carbonyl (C=O) groups excluding carboxylic acids is 1. The lowest BCUT2D eigenvalue weighted by Gasteiger charge is -2.23. The summed E-state index contributed by atoms with van der Waals surface area (Å²) in [4.78, 5) is 12.4. The van der Waals surface area contributed by atoms with E-state index in [1.807, 2.05) is 0 Å². The van der Waals surface area contributed by atoms with E-state index in [1.54, 1.807) is 12.1 Å². The van der Waals surface area contributed by atoms with Crippen molar-refractivity contribution in [3.05, 3.63) is 29.8 Å². The van der Waals surface area contributed by atoms with E-state index in [2.05, 4.69) is 10.0 Å². The lowest BCUT2D eigenvalue weighted by Crippen LogP contribution is -2.39. The largest absolute Gasteiger partial charge is 0.381 e. The van der Waals surface area contributed by atoms with Gasteiger partial charge in [-0.05, 0) is 43.9 Å². The Morgan fingerprint density at radius 2 is 1.82 bits per heavy atom. The van der Waals surface area contributed by atoms with E-state index in [0.29, 0.717) is 18.8 Å². The summed E-state index contributed by atoms with van der Waals surface area (Å²) in [5.41, 5.74) is 0.366. The number of amides is 1. The van der Waals surface area contributed by atoms with Gasteiger partial charge >= 0.3 is 0 Å². The van der Waals surface area contributed by atoms with Gasteiger partial charge in [0.05, 0.1) is 4.90 Å². The smallest absolute Gasteiger partial charge is 0.251 e. The van der Waals surface area contributed by atoms with Crippen LogP contribution in [0, 0.1) is 0 Å². The minimum atomic E-state index is -3.54. The first kappa shape index (κ1) is 15.5. The molecule has 1 saturated heterocycles. The van der Waals surface area contributed by atoms with E-state index in [-0.39, 0.29) is 22.9 Å². The summed E-state index contributed by atoms with van der Waals surface area (Å²) in [6.07, 6.45) is 3.33. The third-order valence-electron chi connectivity index (χ3n) is 3.86. The number of ether oxygens (including phenoxy) is 1. The molecule has 2 aliphatic rings. The summed E-state index contributed by atoms with van der Waals surface area (Å²) in [6.45, 7) is 1.29. The Balaban J connectivity index is 1.71. The van der Waals surface area contributed by atoms with Crippen molar-refractivity contribution in [1.29, 1.82) is 0 Å². The molecule has 2 N–H and O–H groups in total. The fourth-order valence-electron chi connectivity index (χ4n) is 2.40. The number of nitrogens with one attached hydrogen (secondary N) is 2. The molecule has 0 spiro atoms. The Hall–Kier alpha value is -1.44. The quantitative estimate of drug-likeness (QED) is 0.847. The number of rotatable bonds is 5. The Kier molecular flexibility index (Phi) is 4.46. The van der Waals surface area contributed by atoms with E-state index in [0.717, 1.165) is 25.7 Å². The predicted molar refractivity (Wildman–Crippen MR) is 81.1 cm³/mol. The molecule has 1 amide bonds. The van der Waals surface area contributed by atoms with Crippen LogP contribution in [0.25, 0.3) is 0 Å².